The van der Waals surface area contributed by atoms with Crippen LogP contribution in [-0.2, 0) is 16.6 Å². The molecule has 5 aliphatic carbocycles. The first kappa shape index (κ1) is 32.1. The average Bonchev–Trinajstić information content (AvgIpc) is 3.55. The van der Waals surface area contributed by atoms with Crippen LogP contribution in [0.5, 0.6) is 5.75 Å². The summed E-state index contributed by atoms with van der Waals surface area (Å²) in [5.74, 6) is 3.94. The Kier molecular flexibility index (Phi) is 7.65. The van der Waals surface area contributed by atoms with Crippen molar-refractivity contribution in [2.45, 2.75) is 94.9 Å². The number of para-hydroxylation sites is 3. The van der Waals surface area contributed by atoms with Crippen LogP contribution in [-0.4, -0.2) is 22.9 Å². The van der Waals surface area contributed by atoms with Gasteiger partial charge >= 0.3 is 0 Å². The van der Waals surface area contributed by atoms with Crippen LogP contribution in [0, 0.1) is 29.6 Å². The number of rotatable bonds is 3. The van der Waals surface area contributed by atoms with E-state index >= 15 is 0 Å². The van der Waals surface area contributed by atoms with Crippen molar-refractivity contribution in [1.82, 2.24) is 4.57 Å². The summed E-state index contributed by atoms with van der Waals surface area (Å²) in [6, 6.07) is 29.1. The molecule has 53 heavy (non-hydrogen) atoms. The van der Waals surface area contributed by atoms with Gasteiger partial charge in [0, 0.05) is 45.6 Å². The van der Waals surface area contributed by atoms with Crippen molar-refractivity contribution in [2.24, 2.45) is 29.6 Å². The monoisotopic (exact) mass is 697 g/mol. The predicted octanol–water partition coefficient (Wildman–Crippen LogP) is 11.7. The topological polar surface area (TPSA) is 23.4 Å². The number of hydrogen-bond acceptors (Lipinski definition) is 2. The first-order chi connectivity index (χ1) is 26.2. The summed E-state index contributed by atoms with van der Waals surface area (Å²) in [6.45, 7) is 2.51. The first-order valence-corrected chi connectivity index (χ1v) is 20.7. The van der Waals surface area contributed by atoms with Crippen LogP contribution < -0.4 is 4.74 Å². The third-order valence-electron chi connectivity index (χ3n) is 14.7. The zero-order valence-electron chi connectivity index (χ0n) is 31.0. The van der Waals surface area contributed by atoms with Crippen LogP contribution in [0.15, 0.2) is 132 Å². The van der Waals surface area contributed by atoms with Gasteiger partial charge in [-0.1, -0.05) is 98.0 Å². The SMILES string of the molecule is CC1CC2C(C=C1C1=Cc3c(n(-c4ccccc4)c4ccccc34)CC1)OC1CC(C3CC=CCC3)CC[C@@H]1C21C2=CC=CCC2Oc2ccccc21. The Morgan fingerprint density at radius 3 is 2.55 bits per heavy atom. The van der Waals surface area contributed by atoms with Gasteiger partial charge in [-0.3, -0.25) is 0 Å². The molecule has 11 rings (SSSR count). The second-order valence-corrected chi connectivity index (χ2v) is 17.2. The van der Waals surface area contributed by atoms with Crippen molar-refractivity contribution in [3.05, 3.63) is 149 Å². The number of allylic oxidation sites excluding steroid dienone is 6. The van der Waals surface area contributed by atoms with E-state index < -0.39 is 0 Å². The molecule has 3 nitrogen and oxygen atoms in total. The zero-order valence-corrected chi connectivity index (χ0v) is 31.0. The molecule has 0 amide bonds. The number of aromatic nitrogens is 1. The lowest BCUT2D eigenvalue weighted by molar-refractivity contribution is -0.168. The van der Waals surface area contributed by atoms with Crippen molar-refractivity contribution in [3.63, 3.8) is 0 Å². The van der Waals surface area contributed by atoms with E-state index in [0.29, 0.717) is 17.8 Å². The summed E-state index contributed by atoms with van der Waals surface area (Å²) in [4.78, 5) is 0. The molecule has 3 heterocycles. The minimum absolute atomic E-state index is 0.0806. The highest BCUT2D eigenvalue weighted by Gasteiger charge is 2.63. The average molecular weight is 698 g/mol. The molecule has 9 atom stereocenters. The Balaban J connectivity index is 1.04. The van der Waals surface area contributed by atoms with Crippen molar-refractivity contribution in [3.8, 4) is 11.4 Å². The molecule has 0 bridgehead atoms. The highest BCUT2D eigenvalue weighted by molar-refractivity contribution is 5.94. The summed E-state index contributed by atoms with van der Waals surface area (Å²) >= 11 is 0. The summed E-state index contributed by atoms with van der Waals surface area (Å²) in [5.41, 5.74) is 11.3. The van der Waals surface area contributed by atoms with E-state index in [2.05, 4.69) is 133 Å². The Bertz CT molecular complexity index is 2230. The van der Waals surface area contributed by atoms with Gasteiger partial charge in [-0.15, -0.1) is 0 Å². The Morgan fingerprint density at radius 2 is 1.64 bits per heavy atom. The van der Waals surface area contributed by atoms with Crippen LogP contribution in [0.3, 0.4) is 0 Å². The van der Waals surface area contributed by atoms with Crippen LogP contribution in [0.25, 0.3) is 22.7 Å². The molecule has 1 spiro atoms. The quantitative estimate of drug-likeness (QED) is 0.199. The van der Waals surface area contributed by atoms with Gasteiger partial charge in [0.1, 0.15) is 11.9 Å². The van der Waals surface area contributed by atoms with Crippen molar-refractivity contribution >= 4 is 17.0 Å². The highest BCUT2D eigenvalue weighted by Crippen LogP contribution is 2.65. The lowest BCUT2D eigenvalue weighted by Crippen LogP contribution is -2.64. The van der Waals surface area contributed by atoms with Gasteiger partial charge in [-0.2, -0.15) is 0 Å². The van der Waals surface area contributed by atoms with Gasteiger partial charge in [0.25, 0.3) is 0 Å². The fourth-order valence-electron chi connectivity index (χ4n) is 12.6. The van der Waals surface area contributed by atoms with Crippen LogP contribution in [0.2, 0.25) is 0 Å². The summed E-state index contributed by atoms with van der Waals surface area (Å²) in [7, 11) is 0. The maximum Gasteiger partial charge on any atom is 0.124 e. The molecular formula is C50H51NO2. The molecule has 3 heteroatoms. The number of fused-ring (bicyclic) bond motifs is 11. The van der Waals surface area contributed by atoms with Gasteiger partial charge in [0.15, 0.2) is 0 Å². The van der Waals surface area contributed by atoms with E-state index in [9.17, 15) is 0 Å². The van der Waals surface area contributed by atoms with E-state index in [0.717, 1.165) is 43.3 Å². The minimum Gasteiger partial charge on any atom is -0.485 e. The lowest BCUT2D eigenvalue weighted by Gasteiger charge is -2.63. The van der Waals surface area contributed by atoms with Gasteiger partial charge < -0.3 is 14.0 Å². The first-order valence-electron chi connectivity index (χ1n) is 20.7. The van der Waals surface area contributed by atoms with Gasteiger partial charge in [0.2, 0.25) is 0 Å². The predicted molar refractivity (Wildman–Crippen MR) is 215 cm³/mol. The lowest BCUT2D eigenvalue weighted by atomic mass is 9.47. The standard InChI is InChI=1S/C50H51NO2/c1-32-28-43-49(31-38(32)35-25-27-45-39(29-35)37-18-8-11-21-44(37)51(45)36-16-6-3-7-17-36)53-48-30-34(33-14-4-2-5-15-33)24-26-42(48)50(43)40-19-9-12-22-46(40)52-47-23-13-10-20-41(47)50/h2-4,6-13,16-22,29,31-34,42-43,47-49H,5,14-15,23-28,30H2,1H3/t32?,33?,34?,42-,43?,47?,48?,49?,50?/m0/s1. The highest BCUT2D eigenvalue weighted by atomic mass is 16.5. The molecule has 3 aromatic carbocycles. The molecule has 268 valence electrons. The molecule has 1 saturated heterocycles. The Morgan fingerprint density at radius 1 is 0.774 bits per heavy atom. The smallest absolute Gasteiger partial charge is 0.124 e. The molecule has 8 unspecified atom stereocenters. The largest absolute Gasteiger partial charge is 0.485 e. The maximum absolute atomic E-state index is 7.60. The van der Waals surface area contributed by atoms with Gasteiger partial charge in [-0.05, 0) is 129 Å². The molecule has 2 fully saturated rings. The van der Waals surface area contributed by atoms with E-state index in [-0.39, 0.29) is 23.7 Å². The summed E-state index contributed by atoms with van der Waals surface area (Å²) < 4.78 is 17.0. The summed E-state index contributed by atoms with van der Waals surface area (Å²) in [6.07, 6.45) is 29.4. The van der Waals surface area contributed by atoms with Crippen LogP contribution in [0.1, 0.15) is 81.5 Å². The number of hydrogen-bond donors (Lipinski definition) is 0. The molecule has 0 N–H and O–H groups in total. The third kappa shape index (κ3) is 4.88. The second-order valence-electron chi connectivity index (χ2n) is 17.2. The second kappa shape index (κ2) is 12.6. The Labute approximate surface area is 314 Å². The summed E-state index contributed by atoms with van der Waals surface area (Å²) in [5, 5.41) is 1.36. The van der Waals surface area contributed by atoms with Gasteiger partial charge in [0.05, 0.1) is 17.7 Å². The van der Waals surface area contributed by atoms with Crippen LogP contribution in [0.4, 0.5) is 0 Å². The van der Waals surface area contributed by atoms with Crippen molar-refractivity contribution < 1.29 is 9.47 Å². The Hall–Kier alpha value is -4.34. The van der Waals surface area contributed by atoms with Crippen molar-refractivity contribution in [2.75, 3.05) is 0 Å². The molecule has 2 aliphatic heterocycles. The van der Waals surface area contributed by atoms with Crippen molar-refractivity contribution in [1.29, 1.82) is 0 Å². The van der Waals surface area contributed by atoms with Gasteiger partial charge in [-0.25, -0.2) is 0 Å². The van der Waals surface area contributed by atoms with E-state index in [1.165, 1.54) is 88.7 Å². The fraction of sp³-hybridized carbons (Fsp3) is 0.400. The minimum atomic E-state index is -0.0806. The molecule has 4 aromatic rings. The number of ether oxygens (including phenoxy) is 2. The molecular weight excluding hydrogens is 647 g/mol. The van der Waals surface area contributed by atoms with E-state index in [1.807, 2.05) is 0 Å². The fourth-order valence-corrected chi connectivity index (χ4v) is 12.6. The maximum atomic E-state index is 7.60. The zero-order chi connectivity index (χ0) is 35.1. The van der Waals surface area contributed by atoms with Crippen LogP contribution >= 0.6 is 0 Å². The molecule has 1 aromatic heterocycles. The number of nitrogens with zero attached hydrogens (tertiary/aromatic N) is 1. The third-order valence-corrected chi connectivity index (χ3v) is 14.7. The normalized spacial score (nSPS) is 34.1. The van der Waals surface area contributed by atoms with E-state index in [1.54, 1.807) is 0 Å². The molecule has 1 saturated carbocycles. The molecule has 7 aliphatic rings. The number of benzene rings is 3. The molecule has 0 radical (unpaired) electrons. The van der Waals surface area contributed by atoms with E-state index in [4.69, 9.17) is 9.47 Å².